The number of hydrogen-bond donors (Lipinski definition) is 0. The van der Waals surface area contributed by atoms with E-state index in [1.165, 1.54) is 31.9 Å². The predicted octanol–water partition coefficient (Wildman–Crippen LogP) is 3.22. The van der Waals surface area contributed by atoms with Gasteiger partial charge in [-0.1, -0.05) is 37.3 Å². The normalized spacial score (nSPS) is 21.8. The van der Waals surface area contributed by atoms with Crippen LogP contribution in [0.1, 0.15) is 86.1 Å². The van der Waals surface area contributed by atoms with Gasteiger partial charge in [0.25, 0.3) is 0 Å². The first kappa shape index (κ1) is 31.5. The van der Waals surface area contributed by atoms with E-state index in [0.717, 1.165) is 78.9 Å². The third kappa shape index (κ3) is 6.44. The van der Waals surface area contributed by atoms with E-state index >= 15 is 4.39 Å². The Hall–Kier alpha value is -2.45. The molecule has 2 saturated carbocycles. The molecule has 2 aliphatic carbocycles. The van der Waals surface area contributed by atoms with E-state index in [0.29, 0.717) is 22.8 Å². The number of ether oxygens (including phenoxy) is 2. The minimum atomic E-state index is -0.995. The largest absolute Gasteiger partial charge is 1.00 e. The Morgan fingerprint density at radius 2 is 1.86 bits per heavy atom. The van der Waals surface area contributed by atoms with E-state index < -0.39 is 11.9 Å². The number of carboxylic acids is 1. The van der Waals surface area contributed by atoms with Gasteiger partial charge in [-0.25, -0.2) is 9.37 Å². The van der Waals surface area contributed by atoms with Gasteiger partial charge in [0.05, 0.1) is 13.3 Å². The number of piperidine rings is 1. The molecule has 226 valence electrons. The molecule has 1 aromatic heterocycles. The first-order valence-electron chi connectivity index (χ1n) is 15.9. The number of pyridine rings is 1. The van der Waals surface area contributed by atoms with Gasteiger partial charge in [0.15, 0.2) is 0 Å². The molecule has 0 amide bonds. The number of rotatable bonds is 9. The molecular formula is C36H40FN2NaO4. The number of carboxylic acid groups (broad SMARTS) is 1. The third-order valence-electron chi connectivity index (χ3n) is 10.6. The molecule has 6 nitrogen and oxygen atoms in total. The zero-order valence-corrected chi connectivity index (χ0v) is 28.1. The van der Waals surface area contributed by atoms with E-state index in [1.807, 2.05) is 6.07 Å². The molecule has 8 heteroatoms. The van der Waals surface area contributed by atoms with Crippen molar-refractivity contribution < 1.29 is 53.3 Å². The van der Waals surface area contributed by atoms with Crippen molar-refractivity contribution in [1.82, 2.24) is 9.88 Å². The number of carbonyl (C=O) groups is 1. The number of methoxy groups -OCH3 is 1. The minimum absolute atomic E-state index is 0. The maximum absolute atomic E-state index is 15.2. The second kappa shape index (κ2) is 12.7. The summed E-state index contributed by atoms with van der Waals surface area (Å²) in [6.07, 6.45) is 10.1. The van der Waals surface area contributed by atoms with Gasteiger partial charge in [-0.3, -0.25) is 4.90 Å². The molecule has 3 heterocycles. The van der Waals surface area contributed by atoms with Crippen LogP contribution in [0, 0.1) is 23.1 Å². The van der Waals surface area contributed by atoms with Crippen LogP contribution in [-0.4, -0.2) is 36.1 Å². The van der Waals surface area contributed by atoms with Gasteiger partial charge in [0, 0.05) is 30.1 Å². The summed E-state index contributed by atoms with van der Waals surface area (Å²) < 4.78 is 27.1. The van der Waals surface area contributed by atoms with Gasteiger partial charge in [-0.2, -0.15) is 0 Å². The first-order valence-corrected chi connectivity index (χ1v) is 15.9. The number of halogens is 1. The molecule has 3 atom stereocenters. The molecule has 3 aromatic rings. The Balaban J connectivity index is 0.00000343. The second-order valence-electron chi connectivity index (χ2n) is 13.4. The van der Waals surface area contributed by atoms with Crippen LogP contribution in [0.4, 0.5) is 4.39 Å². The molecule has 1 saturated heterocycles. The predicted molar refractivity (Wildman–Crippen MR) is 160 cm³/mol. The SMILES string of the molecule is COc1cc(-c2ccc(C3CCc4ccc([C@H](C5CC5)[C@H](C)C(=O)[O-])cc4O3)cc2CN2CCC3(CC2)CC3)c(F)cn1.[Na+]. The van der Waals surface area contributed by atoms with Gasteiger partial charge < -0.3 is 19.4 Å². The Morgan fingerprint density at radius 3 is 2.55 bits per heavy atom. The monoisotopic (exact) mass is 606 g/mol. The molecule has 0 radical (unpaired) electrons. The summed E-state index contributed by atoms with van der Waals surface area (Å²) in [5.41, 5.74) is 6.28. The van der Waals surface area contributed by atoms with Gasteiger partial charge in [-0.15, -0.1) is 0 Å². The number of likely N-dealkylation sites (tertiary alicyclic amines) is 1. The van der Waals surface area contributed by atoms with Crippen LogP contribution >= 0.6 is 0 Å². The summed E-state index contributed by atoms with van der Waals surface area (Å²) in [5.74, 6) is -0.348. The molecule has 44 heavy (non-hydrogen) atoms. The average molecular weight is 607 g/mol. The molecule has 2 aromatic carbocycles. The van der Waals surface area contributed by atoms with E-state index in [9.17, 15) is 9.90 Å². The van der Waals surface area contributed by atoms with Gasteiger partial charge in [-0.05, 0) is 116 Å². The summed E-state index contributed by atoms with van der Waals surface area (Å²) >= 11 is 0. The maximum atomic E-state index is 15.2. The van der Waals surface area contributed by atoms with Crippen molar-refractivity contribution in [2.24, 2.45) is 17.3 Å². The van der Waals surface area contributed by atoms with Crippen LogP contribution in [0.2, 0.25) is 0 Å². The zero-order valence-electron chi connectivity index (χ0n) is 26.1. The third-order valence-corrected chi connectivity index (χ3v) is 10.6. The number of benzene rings is 2. The fourth-order valence-electron chi connectivity index (χ4n) is 7.45. The Kier molecular flexibility index (Phi) is 9.13. The second-order valence-corrected chi connectivity index (χ2v) is 13.4. The summed E-state index contributed by atoms with van der Waals surface area (Å²) in [6, 6.07) is 14.2. The smallest absolute Gasteiger partial charge is 0.550 e. The minimum Gasteiger partial charge on any atom is -0.550 e. The number of aryl methyl sites for hydroxylation is 1. The molecule has 4 aliphatic rings. The topological polar surface area (TPSA) is 74.7 Å². The summed E-state index contributed by atoms with van der Waals surface area (Å²) in [7, 11) is 1.55. The van der Waals surface area contributed by atoms with E-state index in [-0.39, 0.29) is 47.4 Å². The van der Waals surface area contributed by atoms with Crippen LogP contribution in [-0.2, 0) is 17.8 Å². The molecule has 7 rings (SSSR count). The summed E-state index contributed by atoms with van der Waals surface area (Å²) in [5, 5.41) is 11.8. The maximum Gasteiger partial charge on any atom is 1.00 e. The number of aliphatic carboxylic acids is 1. The Labute approximate surface area is 281 Å². The number of fused-ring (bicyclic) bond motifs is 1. The van der Waals surface area contributed by atoms with Crippen molar-refractivity contribution in [3.63, 3.8) is 0 Å². The number of carbonyl (C=O) groups excluding carboxylic acids is 1. The summed E-state index contributed by atoms with van der Waals surface area (Å²) in [4.78, 5) is 18.3. The van der Waals surface area contributed by atoms with Crippen molar-refractivity contribution in [1.29, 1.82) is 0 Å². The van der Waals surface area contributed by atoms with Crippen molar-refractivity contribution >= 4 is 5.97 Å². The number of aromatic nitrogens is 1. The molecule has 2 aliphatic heterocycles. The van der Waals surface area contributed by atoms with Crippen LogP contribution in [0.5, 0.6) is 11.6 Å². The van der Waals surface area contributed by atoms with Gasteiger partial charge in [0.1, 0.15) is 17.7 Å². The van der Waals surface area contributed by atoms with Crippen LogP contribution in [0.3, 0.4) is 0 Å². The van der Waals surface area contributed by atoms with E-state index in [2.05, 4.69) is 40.2 Å². The molecule has 0 bridgehead atoms. The molecule has 0 N–H and O–H groups in total. The first-order chi connectivity index (χ1) is 20.8. The fourth-order valence-corrected chi connectivity index (χ4v) is 7.45. The Morgan fingerprint density at radius 1 is 1.09 bits per heavy atom. The van der Waals surface area contributed by atoms with Crippen molar-refractivity contribution in [3.8, 4) is 22.8 Å². The van der Waals surface area contributed by atoms with Gasteiger partial charge in [0.2, 0.25) is 5.88 Å². The van der Waals surface area contributed by atoms with E-state index in [4.69, 9.17) is 9.47 Å². The molecule has 1 unspecified atom stereocenters. The molecule has 3 fully saturated rings. The number of nitrogens with zero attached hydrogens (tertiary/aromatic N) is 2. The van der Waals surface area contributed by atoms with E-state index in [1.54, 1.807) is 20.1 Å². The van der Waals surface area contributed by atoms with Crippen molar-refractivity contribution in [3.05, 3.63) is 76.7 Å². The van der Waals surface area contributed by atoms with Crippen molar-refractivity contribution in [2.75, 3.05) is 20.2 Å². The van der Waals surface area contributed by atoms with Crippen LogP contribution < -0.4 is 44.1 Å². The quantitative estimate of drug-likeness (QED) is 0.349. The number of hydrogen-bond acceptors (Lipinski definition) is 6. The molecule has 1 spiro atoms. The fraction of sp³-hybridized carbons (Fsp3) is 0.500. The summed E-state index contributed by atoms with van der Waals surface area (Å²) in [6.45, 7) is 4.64. The van der Waals surface area contributed by atoms with Crippen molar-refractivity contribution in [2.45, 2.75) is 76.9 Å². The average Bonchev–Trinajstić information content (AvgIpc) is 3.97. The van der Waals surface area contributed by atoms with Crippen LogP contribution in [0.25, 0.3) is 11.1 Å². The molecular weight excluding hydrogens is 566 g/mol. The standard InChI is InChI=1S/C36H41FN2O4.Na/c1-22(35(40)41)34(24-4-5-24)26-6-3-23-8-10-31(43-32(23)18-26)25-7-9-28(29-19-33(42-2)38-20-30(29)37)27(17-25)21-39-15-13-36(11-12-36)14-16-39;/h3,6-7,9,17-20,22,24,31,34H,4-5,8,10-16,21H2,1-2H3,(H,40,41);/q;+1/p-1/t22-,31?,34-;/m0./s1. The van der Waals surface area contributed by atoms with Crippen LogP contribution in [0.15, 0.2) is 48.7 Å². The van der Waals surface area contributed by atoms with Gasteiger partial charge >= 0.3 is 29.6 Å². The Bertz CT molecular complexity index is 1530. The zero-order chi connectivity index (χ0) is 29.7.